The van der Waals surface area contributed by atoms with Gasteiger partial charge in [0, 0.05) is 19.3 Å². The van der Waals surface area contributed by atoms with Gasteiger partial charge in [0.15, 0.2) is 12.1 Å². The molecule has 53 heavy (non-hydrogen) atoms. The molecule has 0 aromatic carbocycles. The summed E-state index contributed by atoms with van der Waals surface area (Å²) in [7, 11) is 5.50. The number of hydrogen-bond acceptors (Lipinski definition) is 6. The number of aliphatic carboxylic acids is 1. The number of likely N-dealkylation sites (N-methyl/N-ethyl adjacent to an activating group) is 1. The van der Waals surface area contributed by atoms with E-state index in [0.717, 1.165) is 44.9 Å². The molecule has 2 unspecified atom stereocenters. The van der Waals surface area contributed by atoms with Crippen LogP contribution >= 0.6 is 0 Å². The summed E-state index contributed by atoms with van der Waals surface area (Å²) in [6.45, 7) is 4.54. The Labute approximate surface area is 325 Å². The Morgan fingerprint density at radius 1 is 0.585 bits per heavy atom. The second-order valence-electron chi connectivity index (χ2n) is 15.2. The van der Waals surface area contributed by atoms with Crippen molar-refractivity contribution in [2.75, 3.05) is 41.0 Å². The van der Waals surface area contributed by atoms with Crippen LogP contribution < -0.4 is 0 Å². The van der Waals surface area contributed by atoms with Crippen LogP contribution in [0.4, 0.5) is 0 Å². The molecule has 0 saturated heterocycles. The van der Waals surface area contributed by atoms with E-state index < -0.39 is 18.1 Å². The van der Waals surface area contributed by atoms with Crippen LogP contribution in [0.5, 0.6) is 0 Å². The topological polar surface area (TPSA) is 99.1 Å². The van der Waals surface area contributed by atoms with Gasteiger partial charge >= 0.3 is 17.9 Å². The van der Waals surface area contributed by atoms with Gasteiger partial charge in [-0.2, -0.15) is 0 Å². The first-order chi connectivity index (χ1) is 25.6. The summed E-state index contributed by atoms with van der Waals surface area (Å²) in [6.07, 6.45) is 41.7. The fourth-order valence-corrected chi connectivity index (χ4v) is 5.99. The van der Waals surface area contributed by atoms with Gasteiger partial charge in [0.25, 0.3) is 0 Å². The van der Waals surface area contributed by atoms with Gasteiger partial charge in [0.05, 0.1) is 34.4 Å². The minimum absolute atomic E-state index is 0.0333. The molecule has 0 spiro atoms. The molecule has 0 bridgehead atoms. The van der Waals surface area contributed by atoms with E-state index >= 15 is 0 Å². The van der Waals surface area contributed by atoms with Gasteiger partial charge in [-0.25, -0.2) is 4.79 Å². The first-order valence-electron chi connectivity index (χ1n) is 21.2. The van der Waals surface area contributed by atoms with E-state index in [4.69, 9.17) is 14.2 Å². The summed E-state index contributed by atoms with van der Waals surface area (Å²) >= 11 is 0. The lowest BCUT2D eigenvalue weighted by Gasteiger charge is -2.31. The monoisotopic (exact) mass is 747 g/mol. The Hall–Kier alpha value is -2.71. The SMILES string of the molecule is CC/C=C\C/C=C\C/C=C\C/C=C\CCC(=O)OC(COCCC(C(=O)O)[N+](C)(C)C)COC(=O)CCCCCCCCCCCCCCCCCC. The third-order valence-electron chi connectivity index (χ3n) is 9.26. The Bertz CT molecular complexity index is 1010. The lowest BCUT2D eigenvalue weighted by atomic mass is 10.0. The zero-order valence-corrected chi connectivity index (χ0v) is 34.7. The number of rotatable bonds is 37. The van der Waals surface area contributed by atoms with E-state index in [2.05, 4.69) is 50.3 Å². The molecule has 0 aromatic heterocycles. The van der Waals surface area contributed by atoms with Gasteiger partial charge in [0.2, 0.25) is 0 Å². The molecule has 0 aliphatic rings. The van der Waals surface area contributed by atoms with Gasteiger partial charge in [0.1, 0.15) is 6.61 Å². The van der Waals surface area contributed by atoms with Crippen molar-refractivity contribution in [1.82, 2.24) is 0 Å². The van der Waals surface area contributed by atoms with E-state index in [1.165, 1.54) is 83.5 Å². The second kappa shape index (κ2) is 36.3. The summed E-state index contributed by atoms with van der Waals surface area (Å²) < 4.78 is 17.2. The first kappa shape index (κ1) is 50.3. The Morgan fingerprint density at radius 2 is 1.06 bits per heavy atom. The number of unbranched alkanes of at least 4 members (excludes halogenated alkanes) is 15. The highest BCUT2D eigenvalue weighted by Crippen LogP contribution is 2.15. The molecule has 1 N–H and O–H groups in total. The molecule has 0 saturated carbocycles. The maximum Gasteiger partial charge on any atom is 0.362 e. The van der Waals surface area contributed by atoms with Crippen LogP contribution in [0.25, 0.3) is 0 Å². The highest BCUT2D eigenvalue weighted by Gasteiger charge is 2.31. The molecule has 8 nitrogen and oxygen atoms in total. The molecular formula is C45H80NO7+. The average Bonchev–Trinajstić information content (AvgIpc) is 3.11. The molecule has 0 aliphatic heterocycles. The smallest absolute Gasteiger partial charge is 0.362 e. The van der Waals surface area contributed by atoms with E-state index in [0.29, 0.717) is 19.3 Å². The minimum Gasteiger partial charge on any atom is -0.477 e. The molecule has 0 radical (unpaired) electrons. The third-order valence-corrected chi connectivity index (χ3v) is 9.26. The molecule has 0 amide bonds. The number of esters is 2. The lowest BCUT2D eigenvalue weighted by molar-refractivity contribution is -0.887. The lowest BCUT2D eigenvalue weighted by Crippen LogP contribution is -2.50. The zero-order valence-electron chi connectivity index (χ0n) is 34.7. The molecular weight excluding hydrogens is 666 g/mol. The molecule has 0 rings (SSSR count). The summed E-state index contributed by atoms with van der Waals surface area (Å²) in [5, 5.41) is 9.60. The van der Waals surface area contributed by atoms with Crippen molar-refractivity contribution in [3.63, 3.8) is 0 Å². The van der Waals surface area contributed by atoms with Crippen LogP contribution in [-0.2, 0) is 28.6 Å². The Morgan fingerprint density at radius 3 is 1.53 bits per heavy atom. The van der Waals surface area contributed by atoms with Gasteiger partial charge < -0.3 is 23.8 Å². The van der Waals surface area contributed by atoms with E-state index in [1.54, 1.807) is 0 Å². The minimum atomic E-state index is -0.886. The normalized spacial score (nSPS) is 13.5. The van der Waals surface area contributed by atoms with Crippen LogP contribution in [0, 0.1) is 0 Å². The predicted octanol–water partition coefficient (Wildman–Crippen LogP) is 11.2. The van der Waals surface area contributed by atoms with Gasteiger partial charge in [-0.3, -0.25) is 9.59 Å². The quantitative estimate of drug-likeness (QED) is 0.0292. The molecule has 0 aliphatic carbocycles. The van der Waals surface area contributed by atoms with Crippen LogP contribution in [0.1, 0.15) is 168 Å². The summed E-state index contributed by atoms with van der Waals surface area (Å²) in [4.78, 5) is 36.8. The predicted molar refractivity (Wildman–Crippen MR) is 220 cm³/mol. The number of carbonyl (C=O) groups excluding carboxylic acids is 2. The maximum atomic E-state index is 12.6. The number of ether oxygens (including phenoxy) is 3. The number of hydrogen-bond donors (Lipinski definition) is 1. The number of allylic oxidation sites excluding steroid dienone is 8. The van der Waals surface area contributed by atoms with Gasteiger partial charge in [-0.15, -0.1) is 0 Å². The standard InChI is InChI=1S/C45H79NO7/c1-6-8-10-12-14-16-18-20-21-22-24-25-27-29-31-33-35-43(47)52-40-41(39-51-38-37-42(45(49)50)46(3,4)5)53-44(48)36-34-32-30-28-26-23-19-17-15-13-11-9-7-2/h9,11,15,17,23,26,30,32,41-42H,6-8,10,12-14,16,18-22,24-25,27-29,31,33-40H2,1-5H3/p+1/b11-9-,17-15-,26-23-,32-30-. The molecule has 2 atom stereocenters. The summed E-state index contributed by atoms with van der Waals surface area (Å²) in [6, 6.07) is -0.625. The van der Waals surface area contributed by atoms with Crippen molar-refractivity contribution in [2.45, 2.75) is 180 Å². The third kappa shape index (κ3) is 34.8. The Balaban J connectivity index is 4.42. The van der Waals surface area contributed by atoms with Crippen molar-refractivity contribution < 1.29 is 38.2 Å². The van der Waals surface area contributed by atoms with Crippen LogP contribution in [-0.4, -0.2) is 80.6 Å². The van der Waals surface area contributed by atoms with Crippen LogP contribution in [0.15, 0.2) is 48.6 Å². The molecule has 0 heterocycles. The zero-order chi connectivity index (χ0) is 39.3. The van der Waals surface area contributed by atoms with E-state index in [9.17, 15) is 19.5 Å². The maximum absolute atomic E-state index is 12.6. The van der Waals surface area contributed by atoms with Gasteiger partial charge in [-0.05, 0) is 38.5 Å². The highest BCUT2D eigenvalue weighted by atomic mass is 16.6. The van der Waals surface area contributed by atoms with Crippen molar-refractivity contribution >= 4 is 17.9 Å². The highest BCUT2D eigenvalue weighted by molar-refractivity contribution is 5.72. The second-order valence-corrected chi connectivity index (χ2v) is 15.2. The molecule has 306 valence electrons. The average molecular weight is 747 g/mol. The van der Waals surface area contributed by atoms with Crippen LogP contribution in [0.2, 0.25) is 0 Å². The van der Waals surface area contributed by atoms with E-state index in [-0.39, 0.29) is 42.7 Å². The summed E-state index contributed by atoms with van der Waals surface area (Å²) in [5.41, 5.74) is 0. The van der Waals surface area contributed by atoms with Crippen molar-refractivity contribution in [2.24, 2.45) is 0 Å². The number of carboxylic acid groups (broad SMARTS) is 1. The molecule has 0 aromatic rings. The van der Waals surface area contributed by atoms with Crippen molar-refractivity contribution in [3.8, 4) is 0 Å². The fraction of sp³-hybridized carbons (Fsp3) is 0.756. The van der Waals surface area contributed by atoms with Crippen molar-refractivity contribution in [1.29, 1.82) is 0 Å². The summed E-state index contributed by atoms with van der Waals surface area (Å²) in [5.74, 6) is -1.57. The molecule has 0 fully saturated rings. The van der Waals surface area contributed by atoms with Crippen molar-refractivity contribution in [3.05, 3.63) is 48.6 Å². The number of quaternary nitrogens is 1. The van der Waals surface area contributed by atoms with Gasteiger partial charge in [-0.1, -0.05) is 159 Å². The Kier molecular flexibility index (Phi) is 34.4. The first-order valence-corrected chi connectivity index (χ1v) is 21.2. The largest absolute Gasteiger partial charge is 0.477 e. The molecule has 8 heteroatoms. The van der Waals surface area contributed by atoms with E-state index in [1.807, 2.05) is 33.3 Å². The number of nitrogens with zero attached hydrogens (tertiary/aromatic N) is 1. The number of carboxylic acids is 1. The number of carbonyl (C=O) groups is 3. The van der Waals surface area contributed by atoms with Crippen LogP contribution in [0.3, 0.4) is 0 Å². The fourth-order valence-electron chi connectivity index (χ4n) is 5.99.